The van der Waals surface area contributed by atoms with Crippen LogP contribution in [0.1, 0.15) is 31.4 Å². The molecule has 4 rings (SSSR count). The molecule has 3 aromatic rings. The minimum absolute atomic E-state index is 0.131. The smallest absolute Gasteiger partial charge is 0.253 e. The number of fused-ring (bicyclic) bond motifs is 2. The lowest BCUT2D eigenvalue weighted by Gasteiger charge is -2.26. The van der Waals surface area contributed by atoms with Crippen molar-refractivity contribution >= 4 is 28.2 Å². The van der Waals surface area contributed by atoms with Gasteiger partial charge in [0.2, 0.25) is 6.79 Å². The second kappa shape index (κ2) is 11.4. The van der Waals surface area contributed by atoms with Crippen LogP contribution in [0.3, 0.4) is 0 Å². The number of pyridine rings is 1. The largest absolute Gasteiger partial charge is 0.454 e. The Morgan fingerprint density at radius 1 is 1.06 bits per heavy atom. The summed E-state index contributed by atoms with van der Waals surface area (Å²) in [5.74, 6) is 1.34. The number of thiocarbonyl (C=S) groups is 1. The van der Waals surface area contributed by atoms with Crippen molar-refractivity contribution in [3.8, 4) is 11.5 Å². The van der Waals surface area contributed by atoms with Crippen molar-refractivity contribution in [2.75, 3.05) is 33.0 Å². The van der Waals surface area contributed by atoms with E-state index in [1.807, 2.05) is 41.3 Å². The third-order valence-electron chi connectivity index (χ3n) is 6.10. The maximum atomic E-state index is 12.9. The van der Waals surface area contributed by atoms with Gasteiger partial charge >= 0.3 is 0 Å². The first kappa shape index (κ1) is 24.0. The monoisotopic (exact) mass is 480 g/mol. The molecule has 1 aromatic heterocycles. The molecule has 180 valence electrons. The molecule has 2 N–H and O–H groups in total. The first-order valence-corrected chi connectivity index (χ1v) is 12.2. The van der Waals surface area contributed by atoms with Gasteiger partial charge in [-0.2, -0.15) is 0 Å². The normalized spacial score (nSPS) is 12.3. The topological polar surface area (TPSA) is 69.8 Å². The van der Waals surface area contributed by atoms with Crippen molar-refractivity contribution in [2.45, 2.75) is 33.4 Å². The summed E-state index contributed by atoms with van der Waals surface area (Å²) >= 11 is 5.77. The van der Waals surface area contributed by atoms with Crippen molar-refractivity contribution in [1.29, 1.82) is 0 Å². The summed E-state index contributed by atoms with van der Waals surface area (Å²) in [6, 6.07) is 15.8. The number of ether oxygens (including phenoxy) is 2. The molecule has 0 saturated heterocycles. The second-order valence-electron chi connectivity index (χ2n) is 8.37. The third kappa shape index (κ3) is 5.87. The van der Waals surface area contributed by atoms with Crippen LogP contribution in [-0.4, -0.2) is 52.9 Å². The van der Waals surface area contributed by atoms with Gasteiger partial charge in [0.25, 0.3) is 5.56 Å². The first-order chi connectivity index (χ1) is 16.6. The Balaban J connectivity index is 1.51. The summed E-state index contributed by atoms with van der Waals surface area (Å²) in [6.45, 7) is 9.48. The Morgan fingerprint density at radius 2 is 1.79 bits per heavy atom. The van der Waals surface area contributed by atoms with Crippen LogP contribution < -0.4 is 20.3 Å². The van der Waals surface area contributed by atoms with E-state index in [1.165, 1.54) is 0 Å². The lowest BCUT2D eigenvalue weighted by molar-refractivity contribution is 0.174. The molecule has 0 spiro atoms. The van der Waals surface area contributed by atoms with E-state index in [1.54, 1.807) is 0 Å². The van der Waals surface area contributed by atoms with Gasteiger partial charge in [0.15, 0.2) is 16.6 Å². The molecule has 0 saturated carbocycles. The van der Waals surface area contributed by atoms with Gasteiger partial charge < -0.3 is 29.6 Å². The summed E-state index contributed by atoms with van der Waals surface area (Å²) in [5, 5.41) is 4.95. The molecule has 0 fully saturated rings. The maximum absolute atomic E-state index is 12.9. The van der Waals surface area contributed by atoms with Crippen molar-refractivity contribution in [1.82, 2.24) is 20.1 Å². The Labute approximate surface area is 205 Å². The average Bonchev–Trinajstić information content (AvgIpc) is 3.30. The number of hydrogen-bond acceptors (Lipinski definition) is 5. The summed E-state index contributed by atoms with van der Waals surface area (Å²) in [4.78, 5) is 20.4. The van der Waals surface area contributed by atoms with Crippen LogP contribution in [0.25, 0.3) is 10.9 Å². The molecular weight excluding hydrogens is 448 g/mol. The number of H-pyrrole nitrogens is 1. The van der Waals surface area contributed by atoms with Crippen molar-refractivity contribution in [3.05, 3.63) is 70.0 Å². The average molecular weight is 481 g/mol. The maximum Gasteiger partial charge on any atom is 0.253 e. The van der Waals surface area contributed by atoms with Gasteiger partial charge in [0.05, 0.1) is 12.1 Å². The first-order valence-electron chi connectivity index (χ1n) is 11.8. The summed E-state index contributed by atoms with van der Waals surface area (Å²) in [5.41, 5.74) is 2.38. The highest BCUT2D eigenvalue weighted by Crippen LogP contribution is 2.35. The third-order valence-corrected chi connectivity index (χ3v) is 6.50. The SMILES string of the molecule is CCN(CC)CCCNC(=S)N(Cc1ccccc1)Cc1cc2cc3c(cc2[nH]c1=O)OCO3. The van der Waals surface area contributed by atoms with Crippen LogP contribution >= 0.6 is 12.2 Å². The van der Waals surface area contributed by atoms with Gasteiger partial charge in [-0.05, 0) is 56.0 Å². The van der Waals surface area contributed by atoms with Crippen molar-refractivity contribution in [2.24, 2.45) is 0 Å². The second-order valence-corrected chi connectivity index (χ2v) is 8.76. The summed E-state index contributed by atoms with van der Waals surface area (Å²) < 4.78 is 10.9. The predicted molar refractivity (Wildman–Crippen MR) is 139 cm³/mol. The van der Waals surface area contributed by atoms with Gasteiger partial charge in [0, 0.05) is 30.1 Å². The lowest BCUT2D eigenvalue weighted by atomic mass is 10.1. The molecule has 0 unspecified atom stereocenters. The number of nitrogens with one attached hydrogen (secondary N) is 2. The zero-order valence-corrected chi connectivity index (χ0v) is 20.6. The Bertz CT molecular complexity index is 1180. The Kier molecular flexibility index (Phi) is 8.03. The van der Waals surface area contributed by atoms with Gasteiger partial charge in [-0.3, -0.25) is 4.79 Å². The van der Waals surface area contributed by atoms with E-state index in [0.29, 0.717) is 35.3 Å². The molecule has 0 aliphatic carbocycles. The quantitative estimate of drug-likeness (QED) is 0.337. The van der Waals surface area contributed by atoms with Gasteiger partial charge in [0.1, 0.15) is 0 Å². The zero-order chi connectivity index (χ0) is 23.9. The van der Waals surface area contributed by atoms with E-state index >= 15 is 0 Å². The molecule has 2 aromatic carbocycles. The number of rotatable bonds is 10. The Hall–Kier alpha value is -3.10. The highest BCUT2D eigenvalue weighted by molar-refractivity contribution is 7.80. The predicted octanol–water partition coefficient (Wildman–Crippen LogP) is 3.87. The number of benzene rings is 2. The molecule has 1 aliphatic rings. The van der Waals surface area contributed by atoms with Crippen LogP contribution in [0.5, 0.6) is 11.5 Å². The number of nitrogens with zero attached hydrogens (tertiary/aromatic N) is 2. The van der Waals surface area contributed by atoms with Crippen LogP contribution in [-0.2, 0) is 13.1 Å². The van der Waals surface area contributed by atoms with Crippen LogP contribution in [0.15, 0.2) is 53.3 Å². The molecule has 1 aliphatic heterocycles. The molecule has 2 heterocycles. The van der Waals surface area contributed by atoms with E-state index in [0.717, 1.165) is 49.1 Å². The zero-order valence-electron chi connectivity index (χ0n) is 19.8. The minimum Gasteiger partial charge on any atom is -0.454 e. The fourth-order valence-electron chi connectivity index (χ4n) is 4.12. The van der Waals surface area contributed by atoms with Gasteiger partial charge in [-0.1, -0.05) is 44.2 Å². The van der Waals surface area contributed by atoms with Crippen molar-refractivity contribution in [3.63, 3.8) is 0 Å². The molecule has 7 nitrogen and oxygen atoms in total. The number of aromatic nitrogens is 1. The van der Waals surface area contributed by atoms with Crippen LogP contribution in [0.4, 0.5) is 0 Å². The highest BCUT2D eigenvalue weighted by Gasteiger charge is 2.17. The van der Waals surface area contributed by atoms with Crippen LogP contribution in [0, 0.1) is 0 Å². The van der Waals surface area contributed by atoms with Crippen LogP contribution in [0.2, 0.25) is 0 Å². The molecule has 0 radical (unpaired) electrons. The molecule has 0 amide bonds. The number of aromatic amines is 1. The molecule has 34 heavy (non-hydrogen) atoms. The lowest BCUT2D eigenvalue weighted by Crippen LogP contribution is -2.41. The van der Waals surface area contributed by atoms with Crippen molar-refractivity contribution < 1.29 is 9.47 Å². The molecule has 8 heteroatoms. The molecular formula is C26H32N4O3S. The molecule has 0 atom stereocenters. The fourth-order valence-corrected chi connectivity index (χ4v) is 4.35. The van der Waals surface area contributed by atoms with Gasteiger partial charge in [-0.25, -0.2) is 0 Å². The van der Waals surface area contributed by atoms with E-state index in [2.05, 4.69) is 41.2 Å². The standard InChI is InChI=1S/C26H32N4O3S/c1-3-29(4-2)12-8-11-27-26(34)30(16-19-9-6-5-7-10-19)17-21-13-20-14-23-24(33-18-32-23)15-22(20)28-25(21)31/h5-7,9-10,13-15H,3-4,8,11-12,16-18H2,1-2H3,(H,27,34)(H,28,31). The summed E-state index contributed by atoms with van der Waals surface area (Å²) in [7, 11) is 0. The molecule has 0 bridgehead atoms. The summed E-state index contributed by atoms with van der Waals surface area (Å²) in [6.07, 6.45) is 1.00. The minimum atomic E-state index is -0.131. The Morgan fingerprint density at radius 3 is 2.53 bits per heavy atom. The van der Waals surface area contributed by atoms with E-state index < -0.39 is 0 Å². The van der Waals surface area contributed by atoms with E-state index in [-0.39, 0.29) is 12.4 Å². The number of hydrogen-bond donors (Lipinski definition) is 2. The van der Waals surface area contributed by atoms with E-state index in [9.17, 15) is 4.79 Å². The van der Waals surface area contributed by atoms with E-state index in [4.69, 9.17) is 21.7 Å². The fraction of sp³-hybridized carbons (Fsp3) is 0.385. The highest BCUT2D eigenvalue weighted by atomic mass is 32.1. The van der Waals surface area contributed by atoms with Gasteiger partial charge in [-0.15, -0.1) is 0 Å².